The van der Waals surface area contributed by atoms with Crippen LogP contribution in [0.15, 0.2) is 48.8 Å². The quantitative estimate of drug-likeness (QED) is 0.848. The Balaban J connectivity index is 1.54. The minimum Gasteiger partial charge on any atom is -0.344 e. The summed E-state index contributed by atoms with van der Waals surface area (Å²) in [5, 5.41) is 0. The van der Waals surface area contributed by atoms with Crippen molar-refractivity contribution in [3.8, 4) is 0 Å². The molecule has 126 valence electrons. The van der Waals surface area contributed by atoms with Crippen LogP contribution in [-0.2, 0) is 24.2 Å². The van der Waals surface area contributed by atoms with Gasteiger partial charge in [-0.1, -0.05) is 30.3 Å². The van der Waals surface area contributed by atoms with E-state index in [-0.39, 0.29) is 5.91 Å². The highest BCUT2D eigenvalue weighted by molar-refractivity contribution is 5.76. The Labute approximate surface area is 144 Å². The van der Waals surface area contributed by atoms with Crippen molar-refractivity contribution < 1.29 is 4.79 Å². The second-order valence-corrected chi connectivity index (χ2v) is 6.68. The Morgan fingerprint density at radius 2 is 2.04 bits per heavy atom. The molecule has 1 aliphatic heterocycles. The zero-order valence-electron chi connectivity index (χ0n) is 14.5. The summed E-state index contributed by atoms with van der Waals surface area (Å²) in [5.74, 6) is 0.200. The first-order chi connectivity index (χ1) is 11.6. The van der Waals surface area contributed by atoms with Crippen molar-refractivity contribution in [2.24, 2.45) is 0 Å². The first-order valence-electron chi connectivity index (χ1n) is 8.53. The Bertz CT molecular complexity index is 686. The monoisotopic (exact) mass is 323 g/mol. The van der Waals surface area contributed by atoms with Crippen molar-refractivity contribution in [2.75, 3.05) is 20.6 Å². The first kappa shape index (κ1) is 16.7. The second-order valence-electron chi connectivity index (χ2n) is 6.68. The van der Waals surface area contributed by atoms with E-state index in [4.69, 9.17) is 0 Å². The van der Waals surface area contributed by atoms with Crippen LogP contribution in [0.1, 0.15) is 23.1 Å². The van der Waals surface area contributed by atoms with Crippen molar-refractivity contribution in [3.63, 3.8) is 0 Å². The average molecular weight is 323 g/mol. The number of carbonyl (C=O) groups excluding carboxylic acids is 1. The summed E-state index contributed by atoms with van der Waals surface area (Å²) in [6, 6.07) is 12.9. The third-order valence-corrected chi connectivity index (χ3v) is 4.88. The van der Waals surface area contributed by atoms with Gasteiger partial charge in [0.1, 0.15) is 0 Å². The third-order valence-electron chi connectivity index (χ3n) is 4.88. The second kappa shape index (κ2) is 7.58. The van der Waals surface area contributed by atoms with Crippen LogP contribution in [0.4, 0.5) is 0 Å². The van der Waals surface area contributed by atoms with Gasteiger partial charge in [0.05, 0.1) is 0 Å². The zero-order valence-corrected chi connectivity index (χ0v) is 14.5. The minimum atomic E-state index is 0.200. The van der Waals surface area contributed by atoms with E-state index in [1.54, 1.807) is 6.20 Å². The number of amides is 1. The molecular weight excluding hydrogens is 298 g/mol. The molecule has 3 rings (SSSR count). The number of aromatic nitrogens is 1. The van der Waals surface area contributed by atoms with Gasteiger partial charge in [0.2, 0.25) is 5.91 Å². The number of pyridine rings is 1. The SMILES string of the molecule is CN(C[C@@H]1Cc2ccccc2CN1C)C(=O)CCc1cccnc1. The highest BCUT2D eigenvalue weighted by Crippen LogP contribution is 2.22. The number of aryl methyl sites for hydroxylation is 1. The molecule has 0 N–H and O–H groups in total. The topological polar surface area (TPSA) is 36.4 Å². The van der Waals surface area contributed by atoms with Crippen molar-refractivity contribution >= 4 is 5.91 Å². The maximum atomic E-state index is 12.4. The summed E-state index contributed by atoms with van der Waals surface area (Å²) in [5.41, 5.74) is 3.93. The molecule has 2 aromatic rings. The molecule has 24 heavy (non-hydrogen) atoms. The van der Waals surface area contributed by atoms with Crippen LogP contribution in [0.25, 0.3) is 0 Å². The summed E-state index contributed by atoms with van der Waals surface area (Å²) < 4.78 is 0. The number of benzene rings is 1. The maximum Gasteiger partial charge on any atom is 0.222 e. The molecule has 0 spiro atoms. The lowest BCUT2D eigenvalue weighted by molar-refractivity contribution is -0.130. The Kier molecular flexibility index (Phi) is 5.26. The van der Waals surface area contributed by atoms with Crippen LogP contribution in [0.5, 0.6) is 0 Å². The van der Waals surface area contributed by atoms with Gasteiger partial charge in [-0.2, -0.15) is 0 Å². The average Bonchev–Trinajstić information content (AvgIpc) is 2.61. The molecule has 0 radical (unpaired) electrons. The van der Waals surface area contributed by atoms with Gasteiger partial charge in [0.25, 0.3) is 0 Å². The van der Waals surface area contributed by atoms with Gasteiger partial charge in [-0.3, -0.25) is 14.7 Å². The highest BCUT2D eigenvalue weighted by Gasteiger charge is 2.25. The molecule has 1 atom stereocenters. The predicted molar refractivity (Wildman–Crippen MR) is 95.6 cm³/mol. The summed E-state index contributed by atoms with van der Waals surface area (Å²) in [4.78, 5) is 20.8. The smallest absolute Gasteiger partial charge is 0.222 e. The molecule has 0 unspecified atom stereocenters. The fraction of sp³-hybridized carbons (Fsp3) is 0.400. The first-order valence-corrected chi connectivity index (χ1v) is 8.53. The summed E-state index contributed by atoms with van der Waals surface area (Å²) in [6.07, 6.45) is 5.88. The van der Waals surface area contributed by atoms with Crippen LogP contribution in [0.3, 0.4) is 0 Å². The standard InChI is InChI=1S/C20H25N3O/c1-22-14-18-8-4-3-7-17(18)12-19(22)15-23(2)20(24)10-9-16-6-5-11-21-13-16/h3-8,11,13,19H,9-10,12,14-15H2,1-2H3/t19-/m0/s1. The lowest BCUT2D eigenvalue weighted by Crippen LogP contribution is -2.46. The molecule has 2 heterocycles. The van der Waals surface area contributed by atoms with Crippen LogP contribution >= 0.6 is 0 Å². The maximum absolute atomic E-state index is 12.4. The molecule has 4 nitrogen and oxygen atoms in total. The van der Waals surface area contributed by atoms with E-state index in [1.807, 2.05) is 30.3 Å². The van der Waals surface area contributed by atoms with Crippen LogP contribution < -0.4 is 0 Å². The van der Waals surface area contributed by atoms with Gasteiger partial charge in [0.15, 0.2) is 0 Å². The van der Waals surface area contributed by atoms with Gasteiger partial charge in [-0.25, -0.2) is 0 Å². The number of hydrogen-bond donors (Lipinski definition) is 0. The molecule has 0 saturated heterocycles. The summed E-state index contributed by atoms with van der Waals surface area (Å²) in [6.45, 7) is 1.73. The molecule has 1 aliphatic rings. The molecular formula is C20H25N3O. The van der Waals surface area contributed by atoms with E-state index in [0.717, 1.165) is 31.5 Å². The Morgan fingerprint density at radius 1 is 1.25 bits per heavy atom. The van der Waals surface area contributed by atoms with Gasteiger partial charge in [0, 0.05) is 45.0 Å². The summed E-state index contributed by atoms with van der Waals surface area (Å²) in [7, 11) is 4.06. The van der Waals surface area contributed by atoms with Crippen LogP contribution in [0, 0.1) is 0 Å². The molecule has 0 aliphatic carbocycles. The number of fused-ring (bicyclic) bond motifs is 1. The zero-order chi connectivity index (χ0) is 16.9. The van der Waals surface area contributed by atoms with Crippen molar-refractivity contribution in [1.82, 2.24) is 14.8 Å². The molecule has 0 fully saturated rings. The normalized spacial score (nSPS) is 17.3. The number of likely N-dealkylation sites (N-methyl/N-ethyl adjacent to an activating group) is 2. The van der Waals surface area contributed by atoms with Gasteiger partial charge in [-0.15, -0.1) is 0 Å². The highest BCUT2D eigenvalue weighted by atomic mass is 16.2. The molecule has 4 heteroatoms. The van der Waals surface area contributed by atoms with E-state index >= 15 is 0 Å². The minimum absolute atomic E-state index is 0.200. The molecule has 0 saturated carbocycles. The Morgan fingerprint density at radius 3 is 2.79 bits per heavy atom. The van der Waals surface area contributed by atoms with E-state index in [0.29, 0.717) is 12.5 Å². The van der Waals surface area contributed by atoms with E-state index in [1.165, 1.54) is 11.1 Å². The van der Waals surface area contributed by atoms with E-state index < -0.39 is 0 Å². The van der Waals surface area contributed by atoms with Gasteiger partial charge >= 0.3 is 0 Å². The van der Waals surface area contributed by atoms with Gasteiger partial charge in [-0.05, 0) is 42.6 Å². The predicted octanol–water partition coefficient (Wildman–Crippen LogP) is 2.53. The number of hydrogen-bond acceptors (Lipinski definition) is 3. The van der Waals surface area contributed by atoms with Gasteiger partial charge < -0.3 is 4.90 Å². The van der Waals surface area contributed by atoms with E-state index in [9.17, 15) is 4.79 Å². The van der Waals surface area contributed by atoms with Crippen LogP contribution in [0.2, 0.25) is 0 Å². The largest absolute Gasteiger partial charge is 0.344 e. The van der Waals surface area contributed by atoms with Crippen molar-refractivity contribution in [3.05, 3.63) is 65.5 Å². The van der Waals surface area contributed by atoms with Crippen molar-refractivity contribution in [1.29, 1.82) is 0 Å². The number of carbonyl (C=O) groups is 1. The number of nitrogens with zero attached hydrogens (tertiary/aromatic N) is 3. The molecule has 1 amide bonds. The fourth-order valence-electron chi connectivity index (χ4n) is 3.33. The van der Waals surface area contributed by atoms with E-state index in [2.05, 4.69) is 41.2 Å². The molecule has 1 aromatic carbocycles. The fourth-order valence-corrected chi connectivity index (χ4v) is 3.33. The van der Waals surface area contributed by atoms with Crippen LogP contribution in [-0.4, -0.2) is 47.4 Å². The lowest BCUT2D eigenvalue weighted by atomic mass is 9.94. The molecule has 0 bridgehead atoms. The third kappa shape index (κ3) is 4.01. The molecule has 1 aromatic heterocycles. The Hall–Kier alpha value is -2.20. The van der Waals surface area contributed by atoms with Crippen molar-refractivity contribution in [2.45, 2.75) is 31.8 Å². The summed E-state index contributed by atoms with van der Waals surface area (Å²) >= 11 is 0. The number of rotatable bonds is 5. The lowest BCUT2D eigenvalue weighted by Gasteiger charge is -2.36.